The van der Waals surface area contributed by atoms with Gasteiger partial charge < -0.3 is 20.9 Å². The Morgan fingerprint density at radius 1 is 1.33 bits per heavy atom. The Morgan fingerprint density at radius 2 is 2.00 bits per heavy atom. The van der Waals surface area contributed by atoms with Gasteiger partial charge in [-0.3, -0.25) is 0 Å². The van der Waals surface area contributed by atoms with Gasteiger partial charge in [-0.1, -0.05) is 12.1 Å². The molecule has 5 heteroatoms. The Balaban J connectivity index is 2.41. The molecular weight excluding hydrogens is 232 g/mol. The van der Waals surface area contributed by atoms with Crippen molar-refractivity contribution < 1.29 is 14.3 Å². The summed E-state index contributed by atoms with van der Waals surface area (Å²) in [4.78, 5) is 11.2. The van der Waals surface area contributed by atoms with E-state index in [2.05, 4.69) is 4.74 Å². The number of hydrogen-bond acceptors (Lipinski definition) is 5. The third-order valence-electron chi connectivity index (χ3n) is 2.53. The highest BCUT2D eigenvalue weighted by atomic mass is 16.5. The molecule has 1 rings (SSSR count). The van der Waals surface area contributed by atoms with Crippen molar-refractivity contribution >= 4 is 5.97 Å². The van der Waals surface area contributed by atoms with Crippen molar-refractivity contribution in [1.82, 2.24) is 0 Å². The zero-order chi connectivity index (χ0) is 13.4. The number of carbonyl (C=O) groups excluding carboxylic acids is 1. The predicted molar refractivity (Wildman–Crippen MR) is 68.8 cm³/mol. The summed E-state index contributed by atoms with van der Waals surface area (Å²) < 4.78 is 10.1. The van der Waals surface area contributed by atoms with Crippen LogP contribution in [0.15, 0.2) is 24.3 Å². The van der Waals surface area contributed by atoms with E-state index in [-0.39, 0.29) is 12.2 Å². The third kappa shape index (κ3) is 4.83. The first-order valence-electron chi connectivity index (χ1n) is 5.92. The maximum absolute atomic E-state index is 11.2. The van der Waals surface area contributed by atoms with Gasteiger partial charge in [0, 0.05) is 0 Å². The Hall–Kier alpha value is -1.43. The van der Waals surface area contributed by atoms with Crippen LogP contribution in [0.5, 0.6) is 0 Å². The van der Waals surface area contributed by atoms with Gasteiger partial charge in [0.1, 0.15) is 6.23 Å². The van der Waals surface area contributed by atoms with E-state index in [1.54, 1.807) is 12.1 Å². The number of methoxy groups -OCH3 is 1. The van der Waals surface area contributed by atoms with Crippen molar-refractivity contribution in [3.63, 3.8) is 0 Å². The molecule has 0 aliphatic rings. The summed E-state index contributed by atoms with van der Waals surface area (Å²) >= 11 is 0. The average molecular weight is 252 g/mol. The van der Waals surface area contributed by atoms with Crippen LogP contribution in [0.2, 0.25) is 0 Å². The number of nitrogens with two attached hydrogens (primary N) is 2. The van der Waals surface area contributed by atoms with Crippen molar-refractivity contribution in [2.24, 2.45) is 11.5 Å². The lowest BCUT2D eigenvalue weighted by Crippen LogP contribution is -2.24. The van der Waals surface area contributed by atoms with Crippen molar-refractivity contribution in [3.05, 3.63) is 35.4 Å². The standard InChI is InChI=1S/C13H20N2O3/c1-17-13(16)11-6-4-10(5-7-11)9-18-12(15)3-2-8-14/h4-7,12H,2-3,8-9,14-15H2,1H3. The van der Waals surface area contributed by atoms with Crippen LogP contribution in [0, 0.1) is 0 Å². The fourth-order valence-electron chi connectivity index (χ4n) is 1.46. The van der Waals surface area contributed by atoms with Crippen LogP contribution in [0.25, 0.3) is 0 Å². The highest BCUT2D eigenvalue weighted by molar-refractivity contribution is 5.89. The summed E-state index contributed by atoms with van der Waals surface area (Å²) in [5, 5.41) is 0. The van der Waals surface area contributed by atoms with Crippen LogP contribution >= 0.6 is 0 Å². The van der Waals surface area contributed by atoms with Crippen LogP contribution in [0.1, 0.15) is 28.8 Å². The zero-order valence-electron chi connectivity index (χ0n) is 10.6. The molecule has 0 aliphatic carbocycles. The lowest BCUT2D eigenvalue weighted by Gasteiger charge is -2.12. The first kappa shape index (κ1) is 14.6. The molecular formula is C13H20N2O3. The molecule has 4 N–H and O–H groups in total. The number of rotatable bonds is 7. The van der Waals surface area contributed by atoms with Crippen LogP contribution in [0.3, 0.4) is 0 Å². The van der Waals surface area contributed by atoms with Gasteiger partial charge >= 0.3 is 5.97 Å². The molecule has 1 unspecified atom stereocenters. The Morgan fingerprint density at radius 3 is 2.56 bits per heavy atom. The maximum atomic E-state index is 11.2. The van der Waals surface area contributed by atoms with Gasteiger partial charge in [0.25, 0.3) is 0 Å². The Labute approximate surface area is 107 Å². The summed E-state index contributed by atoms with van der Waals surface area (Å²) in [6, 6.07) is 7.05. The Bertz CT molecular complexity index is 365. The van der Waals surface area contributed by atoms with Gasteiger partial charge in [-0.05, 0) is 37.1 Å². The SMILES string of the molecule is COC(=O)c1ccc(COC(N)CCCN)cc1. The number of benzene rings is 1. The van der Waals surface area contributed by atoms with E-state index in [0.29, 0.717) is 18.7 Å². The van der Waals surface area contributed by atoms with E-state index >= 15 is 0 Å². The van der Waals surface area contributed by atoms with E-state index in [0.717, 1.165) is 18.4 Å². The van der Waals surface area contributed by atoms with E-state index in [9.17, 15) is 4.79 Å². The molecule has 5 nitrogen and oxygen atoms in total. The lowest BCUT2D eigenvalue weighted by molar-refractivity contribution is 0.0385. The van der Waals surface area contributed by atoms with Crippen LogP contribution in [-0.4, -0.2) is 25.9 Å². The van der Waals surface area contributed by atoms with Crippen LogP contribution < -0.4 is 11.5 Å². The van der Waals surface area contributed by atoms with Gasteiger partial charge in [-0.15, -0.1) is 0 Å². The molecule has 1 atom stereocenters. The summed E-state index contributed by atoms with van der Waals surface area (Å²) in [5.74, 6) is -0.345. The molecule has 0 saturated heterocycles. The normalized spacial score (nSPS) is 12.2. The second-order valence-electron chi connectivity index (χ2n) is 3.97. The third-order valence-corrected chi connectivity index (χ3v) is 2.53. The molecule has 18 heavy (non-hydrogen) atoms. The topological polar surface area (TPSA) is 87.6 Å². The first-order chi connectivity index (χ1) is 8.67. The van der Waals surface area contributed by atoms with Crippen molar-refractivity contribution in [3.8, 4) is 0 Å². The summed E-state index contributed by atoms with van der Waals surface area (Å²) in [6.45, 7) is 1.04. The smallest absolute Gasteiger partial charge is 0.337 e. The van der Waals surface area contributed by atoms with Crippen LogP contribution in [-0.2, 0) is 16.1 Å². The largest absolute Gasteiger partial charge is 0.465 e. The van der Waals surface area contributed by atoms with Crippen molar-refractivity contribution in [2.75, 3.05) is 13.7 Å². The summed E-state index contributed by atoms with van der Waals surface area (Å²) in [5.41, 5.74) is 12.6. The van der Waals surface area contributed by atoms with Crippen LogP contribution in [0.4, 0.5) is 0 Å². The fraction of sp³-hybridized carbons (Fsp3) is 0.462. The molecule has 0 radical (unpaired) electrons. The molecule has 0 aliphatic heterocycles. The van der Waals surface area contributed by atoms with Gasteiger partial charge in [0.2, 0.25) is 0 Å². The summed E-state index contributed by atoms with van der Waals surface area (Å²) in [6.07, 6.45) is 1.30. The average Bonchev–Trinajstić information content (AvgIpc) is 2.42. The zero-order valence-corrected chi connectivity index (χ0v) is 10.6. The first-order valence-corrected chi connectivity index (χ1v) is 5.92. The molecule has 0 amide bonds. The molecule has 0 fully saturated rings. The second kappa shape index (κ2) is 7.81. The van der Waals surface area contributed by atoms with Gasteiger partial charge in [0.05, 0.1) is 19.3 Å². The minimum Gasteiger partial charge on any atom is -0.465 e. The number of ether oxygens (including phenoxy) is 2. The highest BCUT2D eigenvalue weighted by Gasteiger charge is 2.06. The number of carbonyl (C=O) groups is 1. The second-order valence-corrected chi connectivity index (χ2v) is 3.97. The van der Waals surface area contributed by atoms with Gasteiger partial charge in [-0.25, -0.2) is 4.79 Å². The quantitative estimate of drug-likeness (QED) is 0.558. The molecule has 100 valence electrons. The monoisotopic (exact) mass is 252 g/mol. The fourth-order valence-corrected chi connectivity index (χ4v) is 1.46. The van der Waals surface area contributed by atoms with E-state index in [1.807, 2.05) is 12.1 Å². The number of hydrogen-bond donors (Lipinski definition) is 2. The van der Waals surface area contributed by atoms with Crippen molar-refractivity contribution in [1.29, 1.82) is 0 Å². The molecule has 0 spiro atoms. The van der Waals surface area contributed by atoms with Gasteiger partial charge in [0.15, 0.2) is 0 Å². The number of esters is 1. The van der Waals surface area contributed by atoms with E-state index in [4.69, 9.17) is 16.2 Å². The minimum absolute atomic E-state index is 0.297. The lowest BCUT2D eigenvalue weighted by atomic mass is 10.1. The highest BCUT2D eigenvalue weighted by Crippen LogP contribution is 2.08. The maximum Gasteiger partial charge on any atom is 0.337 e. The molecule has 0 saturated carbocycles. The molecule has 1 aromatic rings. The predicted octanol–water partition coefficient (Wildman–Crippen LogP) is 1.01. The molecule has 0 heterocycles. The molecule has 0 bridgehead atoms. The Kier molecular flexibility index (Phi) is 6.35. The molecule has 1 aromatic carbocycles. The molecule has 0 aromatic heterocycles. The van der Waals surface area contributed by atoms with E-state index in [1.165, 1.54) is 7.11 Å². The summed E-state index contributed by atoms with van der Waals surface area (Å²) in [7, 11) is 1.36. The van der Waals surface area contributed by atoms with Crippen molar-refractivity contribution in [2.45, 2.75) is 25.7 Å². The van der Waals surface area contributed by atoms with Gasteiger partial charge in [-0.2, -0.15) is 0 Å². The minimum atomic E-state index is -0.345. The van der Waals surface area contributed by atoms with E-state index < -0.39 is 0 Å².